The van der Waals surface area contributed by atoms with E-state index in [0.29, 0.717) is 17.9 Å². The molecule has 0 spiro atoms. The third kappa shape index (κ3) is 3.91. The van der Waals surface area contributed by atoms with E-state index >= 15 is 0 Å². The number of anilines is 2. The molecule has 0 aliphatic carbocycles. The highest BCUT2D eigenvalue weighted by Gasteiger charge is 2.32. The predicted octanol–water partition coefficient (Wildman–Crippen LogP) is 3.56. The lowest BCUT2D eigenvalue weighted by Gasteiger charge is -2.32. The average Bonchev–Trinajstić information content (AvgIpc) is 2.79. The van der Waals surface area contributed by atoms with E-state index in [0.717, 1.165) is 27.7 Å². The number of benzene rings is 2. The lowest BCUT2D eigenvalue weighted by Crippen LogP contribution is -2.47. The summed E-state index contributed by atoms with van der Waals surface area (Å²) < 4.78 is 53.4. The van der Waals surface area contributed by atoms with Crippen molar-refractivity contribution >= 4 is 42.3 Å². The Bertz CT molecular complexity index is 1580. The molecule has 0 bridgehead atoms. The number of fused-ring (bicyclic) bond motifs is 1. The summed E-state index contributed by atoms with van der Waals surface area (Å²) >= 11 is 0. The third-order valence-electron chi connectivity index (χ3n) is 5.60. The first-order valence-corrected chi connectivity index (χ1v) is 13.3. The van der Waals surface area contributed by atoms with E-state index in [1.165, 1.54) is 28.6 Å². The summed E-state index contributed by atoms with van der Waals surface area (Å²) in [5, 5.41) is 0.875. The first-order valence-electron chi connectivity index (χ1n) is 10.2. The Morgan fingerprint density at radius 2 is 1.76 bits per heavy atom. The summed E-state index contributed by atoms with van der Waals surface area (Å²) in [6, 6.07) is 16.7. The van der Waals surface area contributed by atoms with Gasteiger partial charge in [-0.2, -0.15) is 0 Å². The Balaban J connectivity index is 1.46. The molecule has 1 aliphatic heterocycles. The summed E-state index contributed by atoms with van der Waals surface area (Å²) in [5.41, 5.74) is 4.12. The van der Waals surface area contributed by atoms with Crippen molar-refractivity contribution in [3.8, 4) is 11.3 Å². The fourth-order valence-electron chi connectivity index (χ4n) is 3.78. The molecule has 0 amide bonds. The smallest absolute Gasteiger partial charge is 0.261 e. The fourth-order valence-corrected chi connectivity index (χ4v) is 5.94. The zero-order valence-electron chi connectivity index (χ0n) is 17.6. The van der Waals surface area contributed by atoms with Gasteiger partial charge in [0.2, 0.25) is 10.0 Å². The molecule has 0 radical (unpaired) electrons. The van der Waals surface area contributed by atoms with Gasteiger partial charge in [0, 0.05) is 35.6 Å². The van der Waals surface area contributed by atoms with E-state index in [2.05, 4.69) is 14.7 Å². The van der Waals surface area contributed by atoms with E-state index < -0.39 is 20.0 Å². The lowest BCUT2D eigenvalue weighted by atomic mass is 10.0. The highest BCUT2D eigenvalue weighted by molar-refractivity contribution is 7.94. The van der Waals surface area contributed by atoms with Crippen LogP contribution in [-0.2, 0) is 20.0 Å². The van der Waals surface area contributed by atoms with Crippen molar-refractivity contribution in [3.05, 3.63) is 78.6 Å². The monoisotopic (exact) mass is 480 g/mol. The summed E-state index contributed by atoms with van der Waals surface area (Å²) in [7, 11) is -7.14. The molecule has 8 nitrogen and oxygen atoms in total. The molecule has 5 rings (SSSR count). The van der Waals surface area contributed by atoms with Gasteiger partial charge in [0.25, 0.3) is 10.0 Å². The van der Waals surface area contributed by atoms with E-state index in [-0.39, 0.29) is 10.6 Å². The lowest BCUT2D eigenvalue weighted by molar-refractivity contribution is 0.578. The van der Waals surface area contributed by atoms with Crippen molar-refractivity contribution in [1.82, 2.24) is 9.97 Å². The highest BCUT2D eigenvalue weighted by atomic mass is 32.2. The topological polar surface area (TPSA) is 109 Å². The Labute approximate surface area is 192 Å². The molecule has 33 heavy (non-hydrogen) atoms. The van der Waals surface area contributed by atoms with Gasteiger partial charge in [-0.1, -0.05) is 6.07 Å². The van der Waals surface area contributed by atoms with Crippen LogP contribution in [-0.4, -0.2) is 39.1 Å². The number of aromatic nitrogens is 2. The Morgan fingerprint density at radius 3 is 2.45 bits per heavy atom. The summed E-state index contributed by atoms with van der Waals surface area (Å²) in [6.07, 6.45) is 3.40. The van der Waals surface area contributed by atoms with Gasteiger partial charge in [-0.15, -0.1) is 0 Å². The van der Waals surface area contributed by atoms with Gasteiger partial charge in [0.15, 0.2) is 0 Å². The maximum absolute atomic E-state index is 13.0. The van der Waals surface area contributed by atoms with Gasteiger partial charge in [-0.25, -0.2) is 16.8 Å². The molecule has 1 saturated heterocycles. The van der Waals surface area contributed by atoms with E-state index in [4.69, 9.17) is 0 Å². The number of nitrogens with one attached hydrogen (secondary N) is 1. The molecule has 0 atom stereocenters. The molecular weight excluding hydrogens is 460 g/mol. The zero-order chi connectivity index (χ0) is 23.2. The average molecular weight is 481 g/mol. The van der Waals surface area contributed by atoms with Crippen molar-refractivity contribution in [2.45, 2.75) is 11.8 Å². The molecule has 3 heterocycles. The summed E-state index contributed by atoms with van der Waals surface area (Å²) in [4.78, 5) is 8.92. The fraction of sp³-hybridized carbons (Fsp3) is 0.130. The Morgan fingerprint density at radius 1 is 0.970 bits per heavy atom. The van der Waals surface area contributed by atoms with Crippen molar-refractivity contribution < 1.29 is 16.8 Å². The SMILES string of the molecule is Cc1ccc(NS(=O)(=O)c2ccc(N3CCS3(=O)=O)cc2)cc1-c1nccc2ncccc12. The zero-order valence-corrected chi connectivity index (χ0v) is 19.3. The minimum atomic E-state index is -3.88. The number of sulfonamides is 2. The molecule has 1 aliphatic rings. The molecule has 2 aromatic carbocycles. The van der Waals surface area contributed by atoms with Crippen LogP contribution in [0.4, 0.5) is 11.4 Å². The van der Waals surface area contributed by atoms with Crippen molar-refractivity contribution in [2.24, 2.45) is 0 Å². The van der Waals surface area contributed by atoms with Gasteiger partial charge in [0.1, 0.15) is 0 Å². The van der Waals surface area contributed by atoms with Gasteiger partial charge in [-0.3, -0.25) is 19.0 Å². The first kappa shape index (κ1) is 21.4. The van der Waals surface area contributed by atoms with E-state index in [9.17, 15) is 16.8 Å². The number of aryl methyl sites for hydroxylation is 1. The van der Waals surface area contributed by atoms with Crippen LogP contribution in [0.1, 0.15) is 5.56 Å². The van der Waals surface area contributed by atoms with E-state index in [1.807, 2.05) is 31.2 Å². The molecule has 0 saturated carbocycles. The van der Waals surface area contributed by atoms with Gasteiger partial charge in [-0.05, 0) is 67.1 Å². The largest absolute Gasteiger partial charge is 0.280 e. The van der Waals surface area contributed by atoms with Crippen LogP contribution in [0, 0.1) is 6.92 Å². The number of pyridine rings is 2. The summed E-state index contributed by atoms with van der Waals surface area (Å²) in [5.74, 6) is 0.103. The van der Waals surface area contributed by atoms with Crippen LogP contribution in [0.2, 0.25) is 0 Å². The number of hydrogen-bond acceptors (Lipinski definition) is 6. The number of rotatable bonds is 5. The summed E-state index contributed by atoms with van der Waals surface area (Å²) in [6.45, 7) is 2.34. The Hall–Kier alpha value is -3.50. The van der Waals surface area contributed by atoms with Crippen LogP contribution < -0.4 is 9.03 Å². The van der Waals surface area contributed by atoms with Crippen molar-refractivity contribution in [2.75, 3.05) is 21.3 Å². The van der Waals surface area contributed by atoms with Crippen molar-refractivity contribution in [1.29, 1.82) is 0 Å². The second-order valence-corrected chi connectivity index (χ2v) is 11.4. The quantitative estimate of drug-likeness (QED) is 0.468. The maximum atomic E-state index is 13.0. The van der Waals surface area contributed by atoms with Gasteiger partial charge >= 0.3 is 0 Å². The van der Waals surface area contributed by atoms with E-state index in [1.54, 1.807) is 24.5 Å². The predicted molar refractivity (Wildman–Crippen MR) is 128 cm³/mol. The second-order valence-electron chi connectivity index (χ2n) is 7.75. The maximum Gasteiger partial charge on any atom is 0.261 e. The second kappa shape index (κ2) is 7.82. The third-order valence-corrected chi connectivity index (χ3v) is 8.76. The van der Waals surface area contributed by atoms with Gasteiger partial charge < -0.3 is 0 Å². The molecule has 4 aromatic rings. The van der Waals surface area contributed by atoms with Crippen LogP contribution in [0.3, 0.4) is 0 Å². The van der Waals surface area contributed by atoms with Crippen LogP contribution in [0.5, 0.6) is 0 Å². The molecule has 1 N–H and O–H groups in total. The molecule has 10 heteroatoms. The standard InChI is InChI=1S/C23H20N4O4S2/c1-16-4-5-17(15-21(16)23-20-3-2-11-24-22(20)10-12-25-23)26-33(30,31)19-8-6-18(7-9-19)27-13-14-32(27,28)29/h2-12,15,26H,13-14H2,1H3. The molecule has 1 fully saturated rings. The van der Waals surface area contributed by atoms with Crippen LogP contribution in [0.15, 0.2) is 78.0 Å². The van der Waals surface area contributed by atoms with Gasteiger partial charge in [0.05, 0.1) is 27.5 Å². The minimum absolute atomic E-state index is 0.0405. The molecular formula is C23H20N4O4S2. The number of nitrogens with zero attached hydrogens (tertiary/aromatic N) is 3. The highest BCUT2D eigenvalue weighted by Crippen LogP contribution is 2.31. The minimum Gasteiger partial charge on any atom is -0.280 e. The molecule has 0 unspecified atom stereocenters. The van der Waals surface area contributed by atoms with Crippen molar-refractivity contribution in [3.63, 3.8) is 0 Å². The number of hydrogen-bond donors (Lipinski definition) is 1. The molecule has 168 valence electrons. The first-order chi connectivity index (χ1) is 15.7. The van der Waals surface area contributed by atoms with Crippen LogP contribution in [0.25, 0.3) is 22.2 Å². The molecule has 2 aromatic heterocycles. The normalized spacial score (nSPS) is 15.2. The Kier molecular flexibility index (Phi) is 5.06. The van der Waals surface area contributed by atoms with Crippen LogP contribution >= 0.6 is 0 Å².